The van der Waals surface area contributed by atoms with Crippen LogP contribution in [0.2, 0.25) is 0 Å². The molecule has 3 nitrogen and oxygen atoms in total. The lowest BCUT2D eigenvalue weighted by Crippen LogP contribution is -2.23. The van der Waals surface area contributed by atoms with E-state index < -0.39 is 18.5 Å². The first-order chi connectivity index (χ1) is 5.61. The summed E-state index contributed by atoms with van der Waals surface area (Å²) in [7, 11) is 0. The SMILES string of the molecule is O=c1c(Br)cncn1CC(F)F. The number of hydrogen-bond donors (Lipinski definition) is 0. The summed E-state index contributed by atoms with van der Waals surface area (Å²) in [5, 5.41) is 0. The second-order valence-corrected chi connectivity index (χ2v) is 2.94. The van der Waals surface area contributed by atoms with E-state index in [4.69, 9.17) is 0 Å². The highest BCUT2D eigenvalue weighted by atomic mass is 79.9. The van der Waals surface area contributed by atoms with Crippen molar-refractivity contribution >= 4 is 15.9 Å². The molecule has 6 heteroatoms. The molecule has 0 amide bonds. The lowest BCUT2D eigenvalue weighted by Gasteiger charge is -2.02. The quantitative estimate of drug-likeness (QED) is 0.778. The van der Waals surface area contributed by atoms with Crippen LogP contribution in [0.3, 0.4) is 0 Å². The molecule has 1 aromatic rings. The smallest absolute Gasteiger partial charge is 0.267 e. The average Bonchev–Trinajstić information content (AvgIpc) is 1.98. The van der Waals surface area contributed by atoms with Crippen molar-refractivity contribution in [3.8, 4) is 0 Å². The molecule has 0 aliphatic carbocycles. The van der Waals surface area contributed by atoms with Gasteiger partial charge in [-0.15, -0.1) is 0 Å². The summed E-state index contributed by atoms with van der Waals surface area (Å²) in [6.45, 7) is -0.620. The molecule has 12 heavy (non-hydrogen) atoms. The highest BCUT2D eigenvalue weighted by molar-refractivity contribution is 9.10. The Kier molecular flexibility index (Phi) is 2.91. The van der Waals surface area contributed by atoms with Crippen molar-refractivity contribution in [2.75, 3.05) is 0 Å². The van der Waals surface area contributed by atoms with Gasteiger partial charge in [0.1, 0.15) is 4.47 Å². The normalized spacial score (nSPS) is 10.7. The Morgan fingerprint density at radius 1 is 1.67 bits per heavy atom. The second-order valence-electron chi connectivity index (χ2n) is 2.09. The largest absolute Gasteiger partial charge is 0.293 e. The fraction of sp³-hybridized carbons (Fsp3) is 0.333. The topological polar surface area (TPSA) is 34.9 Å². The Balaban J connectivity index is 3.01. The van der Waals surface area contributed by atoms with E-state index in [0.29, 0.717) is 0 Å². The predicted molar refractivity (Wildman–Crippen MR) is 42.2 cm³/mol. The number of halogens is 3. The summed E-state index contributed by atoms with van der Waals surface area (Å²) in [6, 6.07) is 0. The van der Waals surface area contributed by atoms with Crippen LogP contribution in [-0.4, -0.2) is 16.0 Å². The maximum atomic E-state index is 11.8. The van der Waals surface area contributed by atoms with E-state index in [9.17, 15) is 13.6 Å². The Hall–Kier alpha value is -0.780. The van der Waals surface area contributed by atoms with Gasteiger partial charge in [-0.2, -0.15) is 0 Å². The van der Waals surface area contributed by atoms with Crippen molar-refractivity contribution in [2.24, 2.45) is 0 Å². The molecule has 1 aromatic heterocycles. The Morgan fingerprint density at radius 3 is 2.92 bits per heavy atom. The van der Waals surface area contributed by atoms with Crippen molar-refractivity contribution < 1.29 is 8.78 Å². The van der Waals surface area contributed by atoms with E-state index in [1.165, 1.54) is 6.20 Å². The fourth-order valence-corrected chi connectivity index (χ4v) is 1.05. The number of aromatic nitrogens is 2. The maximum absolute atomic E-state index is 11.8. The molecule has 1 rings (SSSR count). The van der Waals surface area contributed by atoms with E-state index in [-0.39, 0.29) is 4.47 Å². The van der Waals surface area contributed by atoms with E-state index in [2.05, 4.69) is 20.9 Å². The lowest BCUT2D eigenvalue weighted by atomic mass is 10.6. The number of hydrogen-bond acceptors (Lipinski definition) is 2. The molecule has 0 saturated carbocycles. The summed E-state index contributed by atoms with van der Waals surface area (Å²) >= 11 is 2.90. The molecular formula is C6H5BrF2N2O. The molecule has 0 bridgehead atoms. The Bertz CT molecular complexity index is 326. The molecular weight excluding hydrogens is 234 g/mol. The molecule has 0 aliphatic rings. The van der Waals surface area contributed by atoms with E-state index >= 15 is 0 Å². The molecule has 0 atom stereocenters. The second kappa shape index (κ2) is 3.75. The number of rotatable bonds is 2. The van der Waals surface area contributed by atoms with Gasteiger partial charge in [0, 0.05) is 6.20 Å². The van der Waals surface area contributed by atoms with Crippen molar-refractivity contribution in [2.45, 2.75) is 13.0 Å². The van der Waals surface area contributed by atoms with Crippen molar-refractivity contribution in [1.29, 1.82) is 0 Å². The van der Waals surface area contributed by atoms with Gasteiger partial charge in [0.25, 0.3) is 12.0 Å². The van der Waals surface area contributed by atoms with Gasteiger partial charge >= 0.3 is 0 Å². The van der Waals surface area contributed by atoms with Gasteiger partial charge in [-0.05, 0) is 15.9 Å². The number of nitrogens with zero attached hydrogens (tertiary/aromatic N) is 2. The monoisotopic (exact) mass is 238 g/mol. The minimum absolute atomic E-state index is 0.186. The molecule has 0 N–H and O–H groups in total. The standard InChI is InChI=1S/C6H5BrF2N2O/c7-4-1-10-3-11(6(4)12)2-5(8)9/h1,3,5H,2H2. The summed E-state index contributed by atoms with van der Waals surface area (Å²) in [6.07, 6.45) is -0.192. The molecule has 66 valence electrons. The molecule has 0 radical (unpaired) electrons. The maximum Gasteiger partial charge on any atom is 0.267 e. The van der Waals surface area contributed by atoms with Crippen LogP contribution in [0.15, 0.2) is 21.8 Å². The van der Waals surface area contributed by atoms with Crippen LogP contribution in [0.5, 0.6) is 0 Å². The average molecular weight is 239 g/mol. The first kappa shape index (κ1) is 9.31. The molecule has 0 aromatic carbocycles. The van der Waals surface area contributed by atoms with Gasteiger partial charge in [-0.1, -0.05) is 0 Å². The first-order valence-corrected chi connectivity index (χ1v) is 3.88. The van der Waals surface area contributed by atoms with Gasteiger partial charge in [-0.3, -0.25) is 9.36 Å². The van der Waals surface area contributed by atoms with Gasteiger partial charge in [0.2, 0.25) is 0 Å². The van der Waals surface area contributed by atoms with Crippen LogP contribution in [-0.2, 0) is 6.54 Å². The van der Waals surface area contributed by atoms with Crippen molar-refractivity contribution in [3.63, 3.8) is 0 Å². The highest BCUT2D eigenvalue weighted by Crippen LogP contribution is 2.00. The van der Waals surface area contributed by atoms with Gasteiger partial charge in [0.15, 0.2) is 0 Å². The van der Waals surface area contributed by atoms with Crippen molar-refractivity contribution in [1.82, 2.24) is 9.55 Å². The summed E-state index contributed by atoms with van der Waals surface area (Å²) < 4.78 is 24.7. The van der Waals surface area contributed by atoms with Crippen LogP contribution < -0.4 is 5.56 Å². The fourth-order valence-electron chi connectivity index (χ4n) is 0.703. The van der Waals surface area contributed by atoms with E-state index in [1.54, 1.807) is 0 Å². The molecule has 0 spiro atoms. The molecule has 0 saturated heterocycles. The zero-order valence-electron chi connectivity index (χ0n) is 5.88. The number of alkyl halides is 2. The third-order valence-corrected chi connectivity index (χ3v) is 1.74. The third kappa shape index (κ3) is 2.10. The molecule has 0 fully saturated rings. The van der Waals surface area contributed by atoms with Gasteiger partial charge in [0.05, 0.1) is 12.9 Å². The van der Waals surface area contributed by atoms with Crippen LogP contribution in [0, 0.1) is 0 Å². The predicted octanol–water partition coefficient (Wildman–Crippen LogP) is 1.27. The van der Waals surface area contributed by atoms with Gasteiger partial charge < -0.3 is 0 Å². The summed E-state index contributed by atoms with van der Waals surface area (Å²) in [5.41, 5.74) is -0.495. The van der Waals surface area contributed by atoms with Crippen LogP contribution in [0.25, 0.3) is 0 Å². The Morgan fingerprint density at radius 2 is 2.33 bits per heavy atom. The lowest BCUT2D eigenvalue weighted by molar-refractivity contribution is 0.124. The van der Waals surface area contributed by atoms with Crippen LogP contribution >= 0.6 is 15.9 Å². The van der Waals surface area contributed by atoms with Crippen LogP contribution in [0.1, 0.15) is 0 Å². The van der Waals surface area contributed by atoms with E-state index in [0.717, 1.165) is 10.9 Å². The molecule has 1 heterocycles. The summed E-state index contributed by atoms with van der Waals surface area (Å²) in [4.78, 5) is 14.6. The third-order valence-electron chi connectivity index (χ3n) is 1.19. The minimum Gasteiger partial charge on any atom is -0.293 e. The van der Waals surface area contributed by atoms with Crippen molar-refractivity contribution in [3.05, 3.63) is 27.4 Å². The highest BCUT2D eigenvalue weighted by Gasteiger charge is 2.06. The molecule has 0 unspecified atom stereocenters. The minimum atomic E-state index is -2.54. The zero-order chi connectivity index (χ0) is 9.14. The Labute approximate surface area is 75.2 Å². The van der Waals surface area contributed by atoms with Gasteiger partial charge in [-0.25, -0.2) is 13.8 Å². The molecule has 0 aliphatic heterocycles. The first-order valence-electron chi connectivity index (χ1n) is 3.09. The van der Waals surface area contributed by atoms with Crippen LogP contribution in [0.4, 0.5) is 8.78 Å². The zero-order valence-corrected chi connectivity index (χ0v) is 7.46. The van der Waals surface area contributed by atoms with E-state index in [1.807, 2.05) is 0 Å². The summed E-state index contributed by atoms with van der Waals surface area (Å²) in [5.74, 6) is 0.